The average Bonchev–Trinajstić information content (AvgIpc) is 2.84. The first kappa shape index (κ1) is 26.4. The molecule has 0 bridgehead atoms. The number of fused-ring (bicyclic) bond motifs is 3. The maximum absolute atomic E-state index is 12.8. The van der Waals surface area contributed by atoms with Gasteiger partial charge in [0.15, 0.2) is 11.5 Å². The number of esters is 2. The topological polar surface area (TPSA) is 52.6 Å². The van der Waals surface area contributed by atoms with Crippen LogP contribution in [0.25, 0.3) is 0 Å². The van der Waals surface area contributed by atoms with E-state index in [4.69, 9.17) is 9.47 Å². The Kier molecular flexibility index (Phi) is 7.64. The summed E-state index contributed by atoms with van der Waals surface area (Å²) in [7, 11) is 0. The molecule has 2 aliphatic carbocycles. The van der Waals surface area contributed by atoms with Crippen LogP contribution in [-0.4, -0.2) is 11.9 Å². The highest BCUT2D eigenvalue weighted by Crippen LogP contribution is 2.62. The van der Waals surface area contributed by atoms with E-state index in [0.29, 0.717) is 17.4 Å². The predicted molar refractivity (Wildman–Crippen MR) is 144 cm³/mol. The summed E-state index contributed by atoms with van der Waals surface area (Å²) in [6.45, 7) is 12.6. The van der Waals surface area contributed by atoms with Crippen molar-refractivity contribution in [1.82, 2.24) is 0 Å². The van der Waals surface area contributed by atoms with E-state index in [-0.39, 0.29) is 41.5 Å². The second kappa shape index (κ2) is 10.4. The lowest BCUT2D eigenvalue weighted by atomic mass is 9.48. The van der Waals surface area contributed by atoms with E-state index in [1.54, 1.807) is 6.92 Å². The minimum Gasteiger partial charge on any atom is -0.422 e. The highest BCUT2D eigenvalue weighted by atomic mass is 16.6. The molecule has 4 heteroatoms. The molecule has 2 aromatic rings. The second-order valence-corrected chi connectivity index (χ2v) is 11.7. The molecule has 4 rings (SSSR count). The van der Waals surface area contributed by atoms with Gasteiger partial charge in [-0.2, -0.15) is 0 Å². The van der Waals surface area contributed by atoms with Crippen molar-refractivity contribution in [2.24, 2.45) is 11.3 Å². The van der Waals surface area contributed by atoms with Crippen LogP contribution in [0.15, 0.2) is 36.4 Å². The molecule has 2 aromatic carbocycles. The maximum atomic E-state index is 12.8. The monoisotopic (exact) mass is 490 g/mol. The van der Waals surface area contributed by atoms with Gasteiger partial charge in [-0.05, 0) is 60.5 Å². The van der Waals surface area contributed by atoms with Crippen LogP contribution < -0.4 is 9.47 Å². The molecule has 0 saturated heterocycles. The lowest BCUT2D eigenvalue weighted by Gasteiger charge is -2.56. The van der Waals surface area contributed by atoms with E-state index in [1.165, 1.54) is 17.5 Å². The lowest BCUT2D eigenvalue weighted by molar-refractivity contribution is -0.137. The van der Waals surface area contributed by atoms with Crippen molar-refractivity contribution in [2.75, 3.05) is 0 Å². The summed E-state index contributed by atoms with van der Waals surface area (Å²) in [5.74, 6) is 0.917. The van der Waals surface area contributed by atoms with E-state index >= 15 is 0 Å². The molecule has 0 aromatic heterocycles. The molecule has 194 valence electrons. The van der Waals surface area contributed by atoms with Gasteiger partial charge in [0.25, 0.3) is 0 Å². The van der Waals surface area contributed by atoms with Crippen LogP contribution in [0, 0.1) is 11.3 Å². The Balaban J connectivity index is 2.04. The smallest absolute Gasteiger partial charge is 0.311 e. The minimum atomic E-state index is -0.306. The van der Waals surface area contributed by atoms with E-state index < -0.39 is 0 Å². The van der Waals surface area contributed by atoms with Gasteiger partial charge in [-0.1, -0.05) is 84.4 Å². The first-order valence-corrected chi connectivity index (χ1v) is 13.8. The van der Waals surface area contributed by atoms with Gasteiger partial charge in [0.05, 0.1) is 0 Å². The molecule has 0 aliphatic heterocycles. The van der Waals surface area contributed by atoms with Crippen LogP contribution in [0.3, 0.4) is 0 Å². The number of hydrogen-bond donors (Lipinski definition) is 0. The summed E-state index contributed by atoms with van der Waals surface area (Å²) >= 11 is 0. The standard InChI is InChI=1S/C32H42O4/c1-7-26(33)35-29-24(21(3)4)19-23-15-16-25-31(5,6)17-12-18-32(25,20-22-13-10-9-11-14-22)28(23)30(29)36-27(34)8-2/h9-11,13-14,19,21,25H,7-8,12,15-18,20H2,1-6H3/t25-,32+/m0/s1. The quantitative estimate of drug-likeness (QED) is 0.295. The summed E-state index contributed by atoms with van der Waals surface area (Å²) in [5, 5.41) is 0. The molecule has 0 radical (unpaired) electrons. The number of carbonyl (C=O) groups is 2. The first-order valence-electron chi connectivity index (χ1n) is 13.8. The average molecular weight is 491 g/mol. The zero-order valence-electron chi connectivity index (χ0n) is 22.9. The fraction of sp³-hybridized carbons (Fsp3) is 0.562. The van der Waals surface area contributed by atoms with Gasteiger partial charge >= 0.3 is 11.9 Å². The molecule has 1 saturated carbocycles. The zero-order chi connectivity index (χ0) is 26.1. The Morgan fingerprint density at radius 2 is 1.61 bits per heavy atom. The third kappa shape index (κ3) is 4.84. The van der Waals surface area contributed by atoms with E-state index in [9.17, 15) is 9.59 Å². The van der Waals surface area contributed by atoms with Crippen molar-refractivity contribution in [3.63, 3.8) is 0 Å². The zero-order valence-corrected chi connectivity index (χ0v) is 22.9. The van der Waals surface area contributed by atoms with Gasteiger partial charge in [-0.25, -0.2) is 0 Å². The van der Waals surface area contributed by atoms with Crippen LogP contribution in [0.1, 0.15) is 108 Å². The van der Waals surface area contributed by atoms with Crippen LogP contribution >= 0.6 is 0 Å². The van der Waals surface area contributed by atoms with Crippen molar-refractivity contribution in [1.29, 1.82) is 0 Å². The van der Waals surface area contributed by atoms with Gasteiger partial charge in [0.2, 0.25) is 0 Å². The normalized spacial score (nSPS) is 22.5. The molecule has 36 heavy (non-hydrogen) atoms. The summed E-state index contributed by atoms with van der Waals surface area (Å²) in [4.78, 5) is 25.5. The van der Waals surface area contributed by atoms with Crippen molar-refractivity contribution < 1.29 is 19.1 Å². The Bertz CT molecular complexity index is 1110. The van der Waals surface area contributed by atoms with Crippen LogP contribution in [0.5, 0.6) is 11.5 Å². The fourth-order valence-electron chi connectivity index (χ4n) is 6.94. The second-order valence-electron chi connectivity index (χ2n) is 11.7. The highest BCUT2D eigenvalue weighted by molar-refractivity contribution is 5.79. The molecule has 0 unspecified atom stereocenters. The lowest BCUT2D eigenvalue weighted by Crippen LogP contribution is -2.51. The van der Waals surface area contributed by atoms with E-state index in [0.717, 1.165) is 43.2 Å². The third-order valence-electron chi connectivity index (χ3n) is 8.59. The summed E-state index contributed by atoms with van der Waals surface area (Å²) in [6.07, 6.45) is 6.80. The van der Waals surface area contributed by atoms with Gasteiger partial charge in [0.1, 0.15) is 0 Å². The third-order valence-corrected chi connectivity index (χ3v) is 8.59. The van der Waals surface area contributed by atoms with Crippen molar-refractivity contribution in [3.05, 3.63) is 58.7 Å². The molecule has 4 nitrogen and oxygen atoms in total. The van der Waals surface area contributed by atoms with E-state index in [2.05, 4.69) is 64.1 Å². The Morgan fingerprint density at radius 3 is 2.22 bits per heavy atom. The van der Waals surface area contributed by atoms with Crippen LogP contribution in [0.2, 0.25) is 0 Å². The highest BCUT2D eigenvalue weighted by Gasteiger charge is 2.54. The van der Waals surface area contributed by atoms with Gasteiger partial charge in [-0.3, -0.25) is 9.59 Å². The number of carbonyl (C=O) groups excluding carboxylic acids is 2. The number of ether oxygens (including phenoxy) is 2. The number of hydrogen-bond acceptors (Lipinski definition) is 4. The van der Waals surface area contributed by atoms with Gasteiger partial charge in [0, 0.05) is 29.4 Å². The largest absolute Gasteiger partial charge is 0.422 e. The molecule has 1 fully saturated rings. The summed E-state index contributed by atoms with van der Waals surface area (Å²) in [6, 6.07) is 12.9. The van der Waals surface area contributed by atoms with E-state index in [1.807, 2.05) is 6.92 Å². The summed E-state index contributed by atoms with van der Waals surface area (Å²) in [5.41, 5.74) is 4.56. The van der Waals surface area contributed by atoms with Crippen LogP contribution in [0.4, 0.5) is 0 Å². The fourth-order valence-corrected chi connectivity index (χ4v) is 6.94. The van der Waals surface area contributed by atoms with Crippen molar-refractivity contribution in [3.8, 4) is 11.5 Å². The number of benzene rings is 2. The molecule has 0 heterocycles. The molecule has 2 aliphatic rings. The Morgan fingerprint density at radius 1 is 0.972 bits per heavy atom. The Hall–Kier alpha value is -2.62. The molecule has 2 atom stereocenters. The molecule has 0 amide bonds. The summed E-state index contributed by atoms with van der Waals surface area (Å²) < 4.78 is 12.2. The SMILES string of the molecule is CCC(=O)Oc1c(C(C)C)cc2c(c1OC(=O)CC)[C@@]1(Cc3ccccc3)CCCC(C)(C)[C@@H]1CC2. The van der Waals surface area contributed by atoms with Crippen molar-refractivity contribution in [2.45, 2.75) is 104 Å². The molecule has 0 N–H and O–H groups in total. The van der Waals surface area contributed by atoms with Gasteiger partial charge < -0.3 is 9.47 Å². The molecular formula is C32H42O4. The number of rotatable bonds is 7. The maximum Gasteiger partial charge on any atom is 0.311 e. The number of aryl methyl sites for hydroxylation is 1. The first-order chi connectivity index (χ1) is 17.1. The van der Waals surface area contributed by atoms with Crippen LogP contribution in [-0.2, 0) is 27.8 Å². The van der Waals surface area contributed by atoms with Crippen molar-refractivity contribution >= 4 is 11.9 Å². The molecular weight excluding hydrogens is 448 g/mol. The van der Waals surface area contributed by atoms with Gasteiger partial charge in [-0.15, -0.1) is 0 Å². The Labute approximate surface area is 216 Å². The molecule has 0 spiro atoms. The predicted octanol–water partition coefficient (Wildman–Crippen LogP) is 7.69. The minimum absolute atomic E-state index is 0.125.